The molecule has 0 amide bonds. The molecule has 0 aliphatic heterocycles. The maximum atomic E-state index is 10.6. The molecular weight excluding hydrogens is 211 g/mol. The average molecular weight is 224 g/mol. The van der Waals surface area contributed by atoms with Crippen molar-refractivity contribution in [3.8, 4) is 0 Å². The van der Waals surface area contributed by atoms with Gasteiger partial charge in [0.05, 0.1) is 0 Å². The van der Waals surface area contributed by atoms with Crippen molar-refractivity contribution in [2.75, 3.05) is 0 Å². The predicted octanol–water partition coefficient (Wildman–Crippen LogP) is 2.00. The van der Waals surface area contributed by atoms with Gasteiger partial charge in [0.2, 0.25) is 0 Å². The zero-order valence-electron chi connectivity index (χ0n) is 7.37. The van der Waals surface area contributed by atoms with Gasteiger partial charge in [-0.2, -0.15) is 0 Å². The van der Waals surface area contributed by atoms with Crippen LogP contribution in [0.2, 0.25) is 0 Å². The van der Waals surface area contributed by atoms with Gasteiger partial charge in [-0.25, -0.2) is 0 Å². The van der Waals surface area contributed by atoms with E-state index in [4.69, 9.17) is 0 Å². The Balaban J connectivity index is 2.72. The van der Waals surface area contributed by atoms with Crippen molar-refractivity contribution in [3.63, 3.8) is 0 Å². The van der Waals surface area contributed by atoms with Crippen molar-refractivity contribution in [1.29, 1.82) is 0 Å². The topological polar surface area (TPSA) is 34.1 Å². The Morgan fingerprint density at radius 1 is 1.23 bits per heavy atom. The van der Waals surface area contributed by atoms with Crippen LogP contribution in [0.3, 0.4) is 0 Å². The molecule has 2 nitrogen and oxygen atoms in total. The Labute approximate surface area is 82.5 Å². The molecule has 0 saturated heterocycles. The fourth-order valence-corrected chi connectivity index (χ4v) is 2.33. The molecule has 1 aliphatic carbocycles. The molecule has 0 aromatic heterocycles. The van der Waals surface area contributed by atoms with Gasteiger partial charge in [0.15, 0.2) is 0 Å². The summed E-state index contributed by atoms with van der Waals surface area (Å²) >= 11 is -1.13. The number of carbonyl (C=O) groups excluding carboxylic acids is 2. The molecule has 1 rings (SSSR count). The summed E-state index contributed by atoms with van der Waals surface area (Å²) in [6.07, 6.45) is 10.2. The van der Waals surface area contributed by atoms with Crippen molar-refractivity contribution in [1.82, 2.24) is 0 Å². The van der Waals surface area contributed by atoms with E-state index in [1.54, 1.807) is 0 Å². The van der Waals surface area contributed by atoms with Crippen LogP contribution in [0.5, 0.6) is 0 Å². The molecule has 0 aromatic carbocycles. The summed E-state index contributed by atoms with van der Waals surface area (Å²) in [5, 5.41) is 1.56. The molecule has 0 radical (unpaired) electrons. The zero-order chi connectivity index (χ0) is 9.52. The van der Waals surface area contributed by atoms with Gasteiger partial charge in [-0.05, 0) is 0 Å². The second-order valence-electron chi connectivity index (χ2n) is 2.72. The molecule has 74 valence electrons. The minimum absolute atomic E-state index is 0.779. The third-order valence-electron chi connectivity index (χ3n) is 1.85. The number of hydrogen-bond acceptors (Lipinski definition) is 2. The summed E-state index contributed by atoms with van der Waals surface area (Å²) in [5.41, 5.74) is 0. The second kappa shape index (κ2) is 5.88. The van der Waals surface area contributed by atoms with Gasteiger partial charge in [0.1, 0.15) is 0 Å². The maximum absolute atomic E-state index is 10.6. The van der Waals surface area contributed by atoms with Gasteiger partial charge >= 0.3 is 82.1 Å². The van der Waals surface area contributed by atoms with Crippen LogP contribution in [0, 0.1) is 0 Å². The monoisotopic (exact) mass is 224 g/mol. The van der Waals surface area contributed by atoms with E-state index in [-0.39, 0.29) is 0 Å². The quantitative estimate of drug-likeness (QED) is 0.687. The summed E-state index contributed by atoms with van der Waals surface area (Å²) in [5.74, 6) is 0. The average Bonchev–Trinajstić information content (AvgIpc) is 2.09. The number of carbonyl (C=O) groups is 2. The molecule has 0 saturated carbocycles. The normalized spacial score (nSPS) is 18.2. The van der Waals surface area contributed by atoms with E-state index in [9.17, 15) is 9.59 Å². The minimum atomic E-state index is -1.13. The molecule has 0 unspecified atom stereocenters. The van der Waals surface area contributed by atoms with Crippen LogP contribution in [0.4, 0.5) is 0 Å². The zero-order valence-corrected chi connectivity index (χ0v) is 8.41. The Morgan fingerprint density at radius 2 is 2.00 bits per heavy atom. The van der Waals surface area contributed by atoms with Crippen molar-refractivity contribution in [3.05, 3.63) is 22.7 Å². The summed E-state index contributed by atoms with van der Waals surface area (Å²) in [7, 11) is 0. The Morgan fingerprint density at radius 3 is 2.69 bits per heavy atom. The fourth-order valence-electron chi connectivity index (χ4n) is 1.18. The molecule has 13 heavy (non-hydrogen) atoms. The third-order valence-corrected chi connectivity index (χ3v) is 3.58. The van der Waals surface area contributed by atoms with Crippen molar-refractivity contribution < 1.29 is 23.2 Å². The molecule has 0 heterocycles. The number of hydrogen-bond donors (Lipinski definition) is 0. The van der Waals surface area contributed by atoms with Crippen LogP contribution in [0.15, 0.2) is 22.7 Å². The molecule has 1 aliphatic rings. The molecule has 3 heteroatoms. The van der Waals surface area contributed by atoms with E-state index in [1.165, 1.54) is 0 Å². The first kappa shape index (κ1) is 10.4. The summed E-state index contributed by atoms with van der Waals surface area (Å²) < 4.78 is 1.01. The Hall–Kier alpha value is -0.674. The van der Waals surface area contributed by atoms with Gasteiger partial charge < -0.3 is 0 Å². The van der Waals surface area contributed by atoms with E-state index >= 15 is 0 Å². The van der Waals surface area contributed by atoms with Gasteiger partial charge in [-0.15, -0.1) is 0 Å². The SMILES string of the molecule is O=[CH][Co]([CH]=O)[C]1=CC=CCCCC1. The van der Waals surface area contributed by atoms with Crippen LogP contribution in [0.25, 0.3) is 0 Å². The van der Waals surface area contributed by atoms with Gasteiger partial charge in [0.25, 0.3) is 0 Å². The summed E-state index contributed by atoms with van der Waals surface area (Å²) in [4.78, 5) is 21.1. The van der Waals surface area contributed by atoms with E-state index in [1.807, 2.05) is 12.2 Å². The molecule has 0 spiro atoms. The standard InChI is InChI=1S/C8H11.2CHO.Co/c1-2-4-6-8-7-5-3-1;2*1-2;/h1-3H,4,6-8H2;2*1H;. The fraction of sp³-hybridized carbons (Fsp3) is 0.400. The second-order valence-corrected chi connectivity index (χ2v) is 4.83. The third kappa shape index (κ3) is 3.28. The van der Waals surface area contributed by atoms with Crippen molar-refractivity contribution in [2.45, 2.75) is 25.7 Å². The summed E-state index contributed by atoms with van der Waals surface area (Å²) in [6, 6.07) is 0. The number of allylic oxidation sites excluding steroid dienone is 4. The first-order chi connectivity index (χ1) is 6.38. The molecule has 0 fully saturated rings. The van der Waals surface area contributed by atoms with Crippen LogP contribution in [0.1, 0.15) is 25.7 Å². The van der Waals surface area contributed by atoms with Crippen molar-refractivity contribution in [2.24, 2.45) is 0 Å². The van der Waals surface area contributed by atoms with Crippen LogP contribution < -0.4 is 0 Å². The molecule has 0 bridgehead atoms. The van der Waals surface area contributed by atoms with E-state index in [2.05, 4.69) is 6.08 Å². The molecule has 0 aromatic rings. The van der Waals surface area contributed by atoms with Crippen LogP contribution in [-0.4, -0.2) is 10.4 Å². The van der Waals surface area contributed by atoms with E-state index < -0.39 is 13.7 Å². The van der Waals surface area contributed by atoms with Crippen molar-refractivity contribution >= 4 is 10.4 Å². The summed E-state index contributed by atoms with van der Waals surface area (Å²) in [6.45, 7) is 0. The first-order valence-electron chi connectivity index (χ1n) is 4.24. The Bertz CT molecular complexity index is 235. The Kier molecular flexibility index (Phi) is 4.71. The number of rotatable bonds is 3. The van der Waals surface area contributed by atoms with Gasteiger partial charge in [-0.3, -0.25) is 0 Å². The first-order valence-corrected chi connectivity index (χ1v) is 5.96. The van der Waals surface area contributed by atoms with Crippen LogP contribution >= 0.6 is 0 Å². The van der Waals surface area contributed by atoms with E-state index in [0.29, 0.717) is 0 Å². The van der Waals surface area contributed by atoms with Gasteiger partial charge in [-0.1, -0.05) is 0 Å². The van der Waals surface area contributed by atoms with E-state index in [0.717, 1.165) is 40.6 Å². The molecule has 0 N–H and O–H groups in total. The molecular formula is C10H13CoO2. The van der Waals surface area contributed by atoms with Gasteiger partial charge in [0, 0.05) is 0 Å². The molecule has 0 atom stereocenters. The van der Waals surface area contributed by atoms with Crippen LogP contribution in [-0.2, 0) is 23.2 Å². The predicted molar refractivity (Wildman–Crippen MR) is 49.2 cm³/mol.